The van der Waals surface area contributed by atoms with Gasteiger partial charge in [-0.05, 0) is 81.3 Å². The molecule has 0 spiro atoms. The first-order valence-corrected chi connectivity index (χ1v) is 12.4. The third-order valence-electron chi connectivity index (χ3n) is 6.23. The molecule has 1 saturated heterocycles. The summed E-state index contributed by atoms with van der Waals surface area (Å²) in [5, 5.41) is 11.4. The Kier molecular flexibility index (Phi) is 7.90. The average molecular weight is 538 g/mol. The third-order valence-corrected chi connectivity index (χ3v) is 6.23. The maximum atomic E-state index is 15.0. The van der Waals surface area contributed by atoms with Crippen LogP contribution in [0.3, 0.4) is 0 Å². The van der Waals surface area contributed by atoms with Gasteiger partial charge < -0.3 is 19.3 Å². The molecule has 0 bridgehead atoms. The van der Waals surface area contributed by atoms with Gasteiger partial charge >= 0.3 is 0 Å². The quantitative estimate of drug-likeness (QED) is 0.213. The molecule has 4 rings (SSSR count). The molecule has 1 heterocycles. The van der Waals surface area contributed by atoms with E-state index in [2.05, 4.69) is 0 Å². The molecule has 9 heteroatoms. The molecule has 1 atom stereocenters. The van der Waals surface area contributed by atoms with E-state index < -0.39 is 40.8 Å². The highest BCUT2D eigenvalue weighted by molar-refractivity contribution is 6.51. The number of aliphatic hydroxyl groups excluding tert-OH is 1. The molecule has 1 fully saturated rings. The monoisotopic (exact) mass is 537 g/mol. The summed E-state index contributed by atoms with van der Waals surface area (Å²) in [4.78, 5) is 27.6. The number of rotatable bonds is 8. The number of Topliss-reactive ketones (excluding diaryl/α,β-unsaturated/α-hetero) is 1. The summed E-state index contributed by atoms with van der Waals surface area (Å²) in [5.74, 6) is -3.03. The fourth-order valence-electron chi connectivity index (χ4n) is 4.54. The van der Waals surface area contributed by atoms with Crippen molar-refractivity contribution in [1.82, 2.24) is 0 Å². The summed E-state index contributed by atoms with van der Waals surface area (Å²) in [6.45, 7) is 7.61. The number of anilines is 1. The highest BCUT2D eigenvalue weighted by Crippen LogP contribution is 2.45. The van der Waals surface area contributed by atoms with Crippen molar-refractivity contribution in [3.8, 4) is 17.2 Å². The molecule has 1 amide bonds. The average Bonchev–Trinajstić information content (AvgIpc) is 3.16. The van der Waals surface area contributed by atoms with Crippen molar-refractivity contribution in [1.29, 1.82) is 0 Å². The second-order valence-electron chi connectivity index (χ2n) is 9.26. The number of aliphatic hydroxyl groups is 1. The van der Waals surface area contributed by atoms with Crippen LogP contribution < -0.4 is 19.1 Å². The highest BCUT2D eigenvalue weighted by atomic mass is 19.1. The Morgan fingerprint density at radius 3 is 2.36 bits per heavy atom. The number of halogens is 2. The summed E-state index contributed by atoms with van der Waals surface area (Å²) >= 11 is 0. The maximum Gasteiger partial charge on any atom is 0.300 e. The van der Waals surface area contributed by atoms with Gasteiger partial charge in [-0.3, -0.25) is 14.5 Å². The van der Waals surface area contributed by atoms with Crippen LogP contribution in [-0.4, -0.2) is 36.6 Å². The van der Waals surface area contributed by atoms with E-state index in [-0.39, 0.29) is 17.2 Å². The molecule has 0 radical (unpaired) electrons. The predicted molar refractivity (Wildman–Crippen MR) is 142 cm³/mol. The minimum absolute atomic E-state index is 0.0794. The molecule has 1 aliphatic heterocycles. The van der Waals surface area contributed by atoms with Crippen molar-refractivity contribution >= 4 is 23.1 Å². The van der Waals surface area contributed by atoms with Crippen LogP contribution in [0.15, 0.2) is 60.2 Å². The Hall–Kier alpha value is -4.40. The van der Waals surface area contributed by atoms with E-state index in [0.29, 0.717) is 35.0 Å². The van der Waals surface area contributed by atoms with Gasteiger partial charge in [0.15, 0.2) is 11.5 Å². The molecule has 0 saturated carbocycles. The fourth-order valence-corrected chi connectivity index (χ4v) is 4.54. The first-order valence-electron chi connectivity index (χ1n) is 12.4. The molecule has 3 aromatic carbocycles. The first kappa shape index (κ1) is 27.6. The van der Waals surface area contributed by atoms with Crippen LogP contribution >= 0.6 is 0 Å². The van der Waals surface area contributed by atoms with Crippen LogP contribution in [-0.2, 0) is 9.59 Å². The minimum Gasteiger partial charge on any atom is -0.507 e. The van der Waals surface area contributed by atoms with E-state index in [1.54, 1.807) is 50.2 Å². The number of benzene rings is 3. The molecule has 0 aromatic heterocycles. The van der Waals surface area contributed by atoms with Gasteiger partial charge in [-0.25, -0.2) is 8.78 Å². The molecule has 1 unspecified atom stereocenters. The number of ether oxygens (including phenoxy) is 3. The smallest absolute Gasteiger partial charge is 0.300 e. The van der Waals surface area contributed by atoms with Crippen molar-refractivity contribution in [2.45, 2.75) is 39.8 Å². The van der Waals surface area contributed by atoms with Crippen LogP contribution in [0.1, 0.15) is 43.5 Å². The topological polar surface area (TPSA) is 85.3 Å². The summed E-state index contributed by atoms with van der Waals surface area (Å²) in [6.07, 6.45) is -0.0794. The van der Waals surface area contributed by atoms with Crippen LogP contribution in [0.5, 0.6) is 17.2 Å². The van der Waals surface area contributed by atoms with Gasteiger partial charge in [0.05, 0.1) is 37.1 Å². The number of amides is 1. The largest absolute Gasteiger partial charge is 0.507 e. The lowest BCUT2D eigenvalue weighted by Gasteiger charge is -2.26. The van der Waals surface area contributed by atoms with E-state index in [9.17, 15) is 23.5 Å². The Morgan fingerprint density at radius 1 is 1.00 bits per heavy atom. The summed E-state index contributed by atoms with van der Waals surface area (Å²) in [5.41, 5.74) is 0.544. The zero-order valence-corrected chi connectivity index (χ0v) is 22.2. The molecule has 204 valence electrons. The lowest BCUT2D eigenvalue weighted by Crippen LogP contribution is -2.30. The molecular weight excluding hydrogens is 508 g/mol. The molecule has 1 N–H and O–H groups in total. The van der Waals surface area contributed by atoms with E-state index in [0.717, 1.165) is 23.1 Å². The second-order valence-corrected chi connectivity index (χ2v) is 9.26. The number of ketones is 1. The van der Waals surface area contributed by atoms with Crippen LogP contribution in [0.25, 0.3) is 5.76 Å². The highest BCUT2D eigenvalue weighted by Gasteiger charge is 2.48. The SMILES string of the molecule is CCOc1cc(C2/C(=C(\O)c3ccc(OC(C)C)c(C)c3)C(=O)C(=O)N2c2cc(F)ccc2F)ccc1OC. The molecule has 3 aromatic rings. The van der Waals surface area contributed by atoms with E-state index >= 15 is 0 Å². The summed E-state index contributed by atoms with van der Waals surface area (Å²) in [6, 6.07) is 10.9. The first-order chi connectivity index (χ1) is 18.6. The molecule has 7 nitrogen and oxygen atoms in total. The number of methoxy groups -OCH3 is 1. The predicted octanol–water partition coefficient (Wildman–Crippen LogP) is 6.09. The van der Waals surface area contributed by atoms with Crippen molar-refractivity contribution in [3.63, 3.8) is 0 Å². The van der Waals surface area contributed by atoms with Gasteiger partial charge in [-0.15, -0.1) is 0 Å². The maximum absolute atomic E-state index is 15.0. The molecule has 0 aliphatic carbocycles. The zero-order valence-electron chi connectivity index (χ0n) is 22.2. The van der Waals surface area contributed by atoms with Crippen LogP contribution in [0, 0.1) is 18.6 Å². The van der Waals surface area contributed by atoms with E-state index in [4.69, 9.17) is 14.2 Å². The minimum atomic E-state index is -1.29. The van der Waals surface area contributed by atoms with Gasteiger partial charge in [0.1, 0.15) is 23.1 Å². The number of carbonyl (C=O) groups excluding carboxylic acids is 2. The molecule has 39 heavy (non-hydrogen) atoms. The number of aryl methyl sites for hydroxylation is 1. The summed E-state index contributed by atoms with van der Waals surface area (Å²) < 4.78 is 46.0. The van der Waals surface area contributed by atoms with Gasteiger partial charge in [0.2, 0.25) is 0 Å². The van der Waals surface area contributed by atoms with E-state index in [1.807, 2.05) is 13.8 Å². The van der Waals surface area contributed by atoms with Crippen LogP contribution in [0.4, 0.5) is 14.5 Å². The second kappa shape index (κ2) is 11.1. The number of hydrogen-bond donors (Lipinski definition) is 1. The third kappa shape index (κ3) is 5.30. The number of carbonyl (C=O) groups is 2. The Balaban J connectivity index is 1.96. The number of nitrogens with zero attached hydrogens (tertiary/aromatic N) is 1. The van der Waals surface area contributed by atoms with Gasteiger partial charge in [0.25, 0.3) is 11.7 Å². The lowest BCUT2D eigenvalue weighted by molar-refractivity contribution is -0.132. The standard InChI is InChI=1S/C30H29F2NO6/c1-6-38-25-14-18(7-12-24(25)37-5)27-26(28(34)19-8-11-23(17(4)13-19)39-16(2)3)29(35)30(36)33(27)22-15-20(31)9-10-21(22)32/h7-16,27,34H,6H2,1-5H3/b28-26+. The fraction of sp³-hybridized carbons (Fsp3) is 0.267. The van der Waals surface area contributed by atoms with Crippen molar-refractivity contribution in [2.75, 3.05) is 18.6 Å². The Bertz CT molecular complexity index is 1470. The van der Waals surface area contributed by atoms with Crippen molar-refractivity contribution < 1.29 is 37.7 Å². The lowest BCUT2D eigenvalue weighted by atomic mass is 9.94. The van der Waals surface area contributed by atoms with Crippen molar-refractivity contribution in [2.24, 2.45) is 0 Å². The number of hydrogen-bond acceptors (Lipinski definition) is 6. The van der Waals surface area contributed by atoms with Gasteiger partial charge in [-0.2, -0.15) is 0 Å². The Labute approximate surface area is 225 Å². The van der Waals surface area contributed by atoms with E-state index in [1.165, 1.54) is 7.11 Å². The van der Waals surface area contributed by atoms with Crippen LogP contribution in [0.2, 0.25) is 0 Å². The molecular formula is C30H29F2NO6. The normalized spacial score (nSPS) is 16.6. The Morgan fingerprint density at radius 2 is 1.72 bits per heavy atom. The van der Waals surface area contributed by atoms with Crippen molar-refractivity contribution in [3.05, 3.63) is 88.5 Å². The summed E-state index contributed by atoms with van der Waals surface area (Å²) in [7, 11) is 1.46. The van der Waals surface area contributed by atoms with Gasteiger partial charge in [0, 0.05) is 11.6 Å². The van der Waals surface area contributed by atoms with Gasteiger partial charge in [-0.1, -0.05) is 6.07 Å². The zero-order chi connectivity index (χ0) is 28.4. The molecule has 1 aliphatic rings.